The maximum Gasteiger partial charge on any atom is 0.345 e. The van der Waals surface area contributed by atoms with E-state index >= 15 is 0 Å². The van der Waals surface area contributed by atoms with Crippen LogP contribution in [0.25, 0.3) is 0 Å². The van der Waals surface area contributed by atoms with Gasteiger partial charge in [-0.2, -0.15) is 0 Å². The minimum absolute atomic E-state index is 0.341. The Balaban J connectivity index is 1.82. The SMILES string of the molecule is CON(C)C(=O)Nc1ccc(OCCc2cccc(C)n2)cc1. The third kappa shape index (κ3) is 5.27. The lowest BCUT2D eigenvalue weighted by Crippen LogP contribution is -2.30. The minimum atomic E-state index is -0.341. The Kier molecular flexibility index (Phi) is 5.94. The lowest BCUT2D eigenvalue weighted by atomic mass is 10.2. The van der Waals surface area contributed by atoms with E-state index in [9.17, 15) is 4.79 Å². The van der Waals surface area contributed by atoms with Gasteiger partial charge in [0.15, 0.2) is 0 Å². The number of amides is 2. The number of aromatic nitrogens is 1. The van der Waals surface area contributed by atoms with Gasteiger partial charge < -0.3 is 10.1 Å². The molecule has 0 radical (unpaired) electrons. The average molecular weight is 315 g/mol. The minimum Gasteiger partial charge on any atom is -0.493 e. The number of urea groups is 1. The van der Waals surface area contributed by atoms with E-state index in [2.05, 4.69) is 10.3 Å². The summed E-state index contributed by atoms with van der Waals surface area (Å²) < 4.78 is 5.69. The number of carbonyl (C=O) groups excluding carboxylic acids is 1. The van der Waals surface area contributed by atoms with Gasteiger partial charge in [-0.3, -0.25) is 9.82 Å². The predicted octanol–water partition coefficient (Wildman–Crippen LogP) is 3.04. The molecular formula is C17H21N3O3. The first-order chi connectivity index (χ1) is 11.1. The number of nitrogens with zero attached hydrogens (tertiary/aromatic N) is 2. The van der Waals surface area contributed by atoms with Crippen LogP contribution in [0.1, 0.15) is 11.4 Å². The lowest BCUT2D eigenvalue weighted by Gasteiger charge is -2.14. The second-order valence-electron chi connectivity index (χ2n) is 5.00. The van der Waals surface area contributed by atoms with Gasteiger partial charge in [-0.05, 0) is 43.3 Å². The van der Waals surface area contributed by atoms with Crippen molar-refractivity contribution in [1.82, 2.24) is 10.0 Å². The number of anilines is 1. The van der Waals surface area contributed by atoms with E-state index in [1.807, 2.05) is 37.3 Å². The fourth-order valence-electron chi connectivity index (χ4n) is 1.93. The van der Waals surface area contributed by atoms with E-state index in [4.69, 9.17) is 9.57 Å². The molecule has 0 aliphatic heterocycles. The number of ether oxygens (including phenoxy) is 1. The Morgan fingerprint density at radius 1 is 1.22 bits per heavy atom. The van der Waals surface area contributed by atoms with Crippen molar-refractivity contribution in [2.24, 2.45) is 0 Å². The number of pyridine rings is 1. The molecule has 0 unspecified atom stereocenters. The third-order valence-corrected chi connectivity index (χ3v) is 3.24. The van der Waals surface area contributed by atoms with Gasteiger partial charge in [-0.25, -0.2) is 9.86 Å². The number of rotatable bonds is 6. The Morgan fingerprint density at radius 3 is 2.61 bits per heavy atom. The molecule has 1 heterocycles. The normalized spacial score (nSPS) is 10.2. The lowest BCUT2D eigenvalue weighted by molar-refractivity contribution is -0.0598. The Morgan fingerprint density at radius 2 is 1.96 bits per heavy atom. The van der Waals surface area contributed by atoms with Crippen molar-refractivity contribution < 1.29 is 14.4 Å². The van der Waals surface area contributed by atoms with E-state index in [0.717, 1.165) is 28.6 Å². The molecule has 0 saturated carbocycles. The Hall–Kier alpha value is -2.60. The smallest absolute Gasteiger partial charge is 0.345 e. The van der Waals surface area contributed by atoms with Crippen molar-refractivity contribution in [2.45, 2.75) is 13.3 Å². The maximum absolute atomic E-state index is 11.6. The van der Waals surface area contributed by atoms with E-state index in [1.54, 1.807) is 12.1 Å². The summed E-state index contributed by atoms with van der Waals surface area (Å²) in [6.07, 6.45) is 0.749. The molecule has 0 fully saturated rings. The van der Waals surface area contributed by atoms with Crippen LogP contribution in [0, 0.1) is 6.92 Å². The summed E-state index contributed by atoms with van der Waals surface area (Å²) in [5, 5.41) is 3.81. The van der Waals surface area contributed by atoms with Crippen molar-refractivity contribution in [1.29, 1.82) is 0 Å². The fraction of sp³-hybridized carbons (Fsp3) is 0.294. The van der Waals surface area contributed by atoms with Crippen molar-refractivity contribution >= 4 is 11.7 Å². The maximum atomic E-state index is 11.6. The molecule has 0 bridgehead atoms. The average Bonchev–Trinajstić information content (AvgIpc) is 2.55. The van der Waals surface area contributed by atoms with Crippen LogP contribution >= 0.6 is 0 Å². The van der Waals surface area contributed by atoms with Crippen molar-refractivity contribution in [3.63, 3.8) is 0 Å². The summed E-state index contributed by atoms with van der Waals surface area (Å²) >= 11 is 0. The zero-order valence-corrected chi connectivity index (χ0v) is 13.6. The summed E-state index contributed by atoms with van der Waals surface area (Å²) in [5.74, 6) is 0.746. The number of aryl methyl sites for hydroxylation is 1. The van der Waals surface area contributed by atoms with E-state index < -0.39 is 0 Å². The zero-order chi connectivity index (χ0) is 16.7. The van der Waals surface area contributed by atoms with E-state index in [0.29, 0.717) is 12.3 Å². The van der Waals surface area contributed by atoms with Crippen LogP contribution in [0.5, 0.6) is 5.75 Å². The molecule has 1 aromatic carbocycles. The molecule has 0 saturated heterocycles. The number of carbonyl (C=O) groups is 1. The van der Waals surface area contributed by atoms with Gasteiger partial charge in [0, 0.05) is 30.5 Å². The van der Waals surface area contributed by atoms with Crippen molar-refractivity contribution in [3.05, 3.63) is 53.9 Å². The molecule has 122 valence electrons. The van der Waals surface area contributed by atoms with Crippen LogP contribution in [0.4, 0.5) is 10.5 Å². The van der Waals surface area contributed by atoms with Crippen LogP contribution in [-0.2, 0) is 11.3 Å². The monoisotopic (exact) mass is 315 g/mol. The van der Waals surface area contributed by atoms with Crippen LogP contribution in [0.15, 0.2) is 42.5 Å². The largest absolute Gasteiger partial charge is 0.493 e. The van der Waals surface area contributed by atoms with Crippen molar-refractivity contribution in [2.75, 3.05) is 26.1 Å². The predicted molar refractivity (Wildman–Crippen MR) is 88.4 cm³/mol. The quantitative estimate of drug-likeness (QED) is 0.832. The highest BCUT2D eigenvalue weighted by Gasteiger charge is 2.07. The fourth-order valence-corrected chi connectivity index (χ4v) is 1.93. The molecule has 0 spiro atoms. The molecule has 0 aliphatic carbocycles. The Labute approximate surface area is 136 Å². The summed E-state index contributed by atoms with van der Waals surface area (Å²) in [4.78, 5) is 20.9. The van der Waals surface area contributed by atoms with E-state index in [-0.39, 0.29) is 6.03 Å². The summed E-state index contributed by atoms with van der Waals surface area (Å²) in [7, 11) is 2.96. The van der Waals surface area contributed by atoms with Gasteiger partial charge in [0.1, 0.15) is 5.75 Å². The summed E-state index contributed by atoms with van der Waals surface area (Å²) in [6, 6.07) is 12.8. The van der Waals surface area contributed by atoms with Gasteiger partial charge in [-0.1, -0.05) is 6.07 Å². The zero-order valence-electron chi connectivity index (χ0n) is 13.6. The molecule has 0 aliphatic rings. The van der Waals surface area contributed by atoms with Gasteiger partial charge in [0.2, 0.25) is 0 Å². The topological polar surface area (TPSA) is 63.7 Å². The summed E-state index contributed by atoms with van der Waals surface area (Å²) in [5.41, 5.74) is 2.69. The van der Waals surface area contributed by atoms with Gasteiger partial charge >= 0.3 is 6.03 Å². The third-order valence-electron chi connectivity index (χ3n) is 3.24. The summed E-state index contributed by atoms with van der Waals surface area (Å²) in [6.45, 7) is 2.52. The molecule has 6 nitrogen and oxygen atoms in total. The highest BCUT2D eigenvalue weighted by atomic mass is 16.7. The molecule has 1 N–H and O–H groups in total. The highest BCUT2D eigenvalue weighted by molar-refractivity contribution is 5.88. The number of benzene rings is 1. The highest BCUT2D eigenvalue weighted by Crippen LogP contribution is 2.16. The van der Waals surface area contributed by atoms with Crippen LogP contribution < -0.4 is 10.1 Å². The standard InChI is InChI=1S/C17H21N3O3/c1-13-5-4-6-14(18-13)11-12-23-16-9-7-15(8-10-16)19-17(21)20(2)22-3/h4-10H,11-12H2,1-3H3,(H,19,21). The molecule has 6 heteroatoms. The van der Waals surface area contributed by atoms with Gasteiger partial charge in [0.05, 0.1) is 13.7 Å². The molecule has 0 atom stereocenters. The second-order valence-corrected chi connectivity index (χ2v) is 5.00. The number of nitrogens with one attached hydrogen (secondary N) is 1. The molecule has 23 heavy (non-hydrogen) atoms. The van der Waals surface area contributed by atoms with Crippen LogP contribution in [0.2, 0.25) is 0 Å². The number of hydrogen-bond acceptors (Lipinski definition) is 4. The van der Waals surface area contributed by atoms with Crippen LogP contribution in [0.3, 0.4) is 0 Å². The molecular weight excluding hydrogens is 294 g/mol. The molecule has 2 rings (SSSR count). The first-order valence-corrected chi connectivity index (χ1v) is 7.32. The molecule has 2 amide bonds. The number of hydroxylamine groups is 2. The van der Waals surface area contributed by atoms with Gasteiger partial charge in [0.25, 0.3) is 0 Å². The first kappa shape index (κ1) is 16.8. The first-order valence-electron chi connectivity index (χ1n) is 7.32. The molecule has 1 aromatic heterocycles. The Bertz CT molecular complexity index is 644. The second kappa shape index (κ2) is 8.14. The van der Waals surface area contributed by atoms with Crippen LogP contribution in [-0.4, -0.2) is 36.8 Å². The molecule has 2 aromatic rings. The number of hydrogen-bond donors (Lipinski definition) is 1. The van der Waals surface area contributed by atoms with E-state index in [1.165, 1.54) is 14.2 Å². The van der Waals surface area contributed by atoms with Crippen molar-refractivity contribution in [3.8, 4) is 5.75 Å². The van der Waals surface area contributed by atoms with Gasteiger partial charge in [-0.15, -0.1) is 0 Å².